The Bertz CT molecular complexity index is 847. The van der Waals surface area contributed by atoms with Crippen LogP contribution in [0.25, 0.3) is 0 Å². The van der Waals surface area contributed by atoms with Crippen molar-refractivity contribution < 1.29 is 4.79 Å². The second-order valence-corrected chi connectivity index (χ2v) is 8.57. The number of carbonyl (C=O) groups excluding carboxylic acids is 1. The van der Waals surface area contributed by atoms with Crippen LogP contribution in [0.5, 0.6) is 0 Å². The molecule has 0 radical (unpaired) electrons. The number of thiazole rings is 1. The van der Waals surface area contributed by atoms with Crippen molar-refractivity contribution in [3.63, 3.8) is 0 Å². The lowest BCUT2D eigenvalue weighted by atomic mass is 9.98. The van der Waals surface area contributed by atoms with Crippen molar-refractivity contribution in [3.05, 3.63) is 40.8 Å². The van der Waals surface area contributed by atoms with Gasteiger partial charge in [-0.2, -0.15) is 0 Å². The Labute approximate surface area is 170 Å². The number of nitrogens with zero attached hydrogens (tertiary/aromatic N) is 5. The summed E-state index contributed by atoms with van der Waals surface area (Å²) in [6.45, 7) is 5.41. The maximum absolute atomic E-state index is 12.8. The Morgan fingerprint density at radius 2 is 2.18 bits per heavy atom. The molecule has 1 atom stereocenters. The van der Waals surface area contributed by atoms with Crippen molar-refractivity contribution >= 4 is 28.2 Å². The lowest BCUT2D eigenvalue weighted by molar-refractivity contribution is -0.129. The van der Waals surface area contributed by atoms with E-state index >= 15 is 0 Å². The van der Waals surface area contributed by atoms with Crippen LogP contribution >= 0.6 is 11.3 Å². The van der Waals surface area contributed by atoms with Crippen molar-refractivity contribution in [3.8, 4) is 0 Å². The summed E-state index contributed by atoms with van der Waals surface area (Å²) in [5.74, 6) is 1.46. The first-order valence-corrected chi connectivity index (χ1v) is 10.4. The van der Waals surface area contributed by atoms with Crippen molar-refractivity contribution in [1.29, 1.82) is 0 Å². The van der Waals surface area contributed by atoms with E-state index in [1.54, 1.807) is 17.4 Å². The first-order chi connectivity index (χ1) is 13.4. The van der Waals surface area contributed by atoms with E-state index in [0.29, 0.717) is 5.82 Å². The van der Waals surface area contributed by atoms with Crippen LogP contribution in [0.3, 0.4) is 0 Å². The number of rotatable bonds is 6. The van der Waals surface area contributed by atoms with Crippen molar-refractivity contribution in [1.82, 2.24) is 24.8 Å². The van der Waals surface area contributed by atoms with E-state index in [2.05, 4.69) is 20.3 Å². The summed E-state index contributed by atoms with van der Waals surface area (Å²) >= 11 is 1.59. The first kappa shape index (κ1) is 20.4. The van der Waals surface area contributed by atoms with Gasteiger partial charge in [-0.15, -0.1) is 11.3 Å². The molecule has 1 unspecified atom stereocenters. The number of likely N-dealkylation sites (N-methyl/N-ethyl adjacent to an activating group) is 1. The molecule has 8 heteroatoms. The van der Waals surface area contributed by atoms with Crippen LogP contribution in [0.1, 0.15) is 41.7 Å². The molecule has 3 rings (SSSR count). The minimum absolute atomic E-state index is 0.0227. The molecule has 150 valence electrons. The van der Waals surface area contributed by atoms with Crippen LogP contribution in [0.15, 0.2) is 24.4 Å². The molecule has 0 spiro atoms. The number of aromatic nitrogens is 3. The average Bonchev–Trinajstić information content (AvgIpc) is 3.05. The minimum atomic E-state index is -0.0227. The molecular formula is C20H28N6OS. The molecule has 7 nitrogen and oxygen atoms in total. The largest absolute Gasteiger partial charge is 0.331 e. The Morgan fingerprint density at radius 3 is 2.89 bits per heavy atom. The van der Waals surface area contributed by atoms with E-state index in [1.807, 2.05) is 56.1 Å². The molecule has 1 amide bonds. The lowest BCUT2D eigenvalue weighted by Crippen LogP contribution is -2.38. The fourth-order valence-electron chi connectivity index (χ4n) is 3.31. The number of hydrogen-bond donors (Lipinski definition) is 1. The third-order valence-corrected chi connectivity index (χ3v) is 5.40. The molecule has 2 aromatic rings. The standard InChI is InChI=1S/C20H28N6OS/c1-14-13-21-20(28-14)24-18-12-16(22-15(2)23-18)17-8-5-6-11-26(17)19(27)9-7-10-25(3)4/h7,9,12-13,17H,5-6,8,10-11H2,1-4H3,(H,21,22,23,24). The molecule has 2 aromatic heterocycles. The predicted octanol–water partition coefficient (Wildman–Crippen LogP) is 3.46. The van der Waals surface area contributed by atoms with Crippen LogP contribution in [-0.4, -0.2) is 57.8 Å². The van der Waals surface area contributed by atoms with E-state index in [4.69, 9.17) is 0 Å². The highest BCUT2D eigenvalue weighted by atomic mass is 32.1. The molecule has 0 aliphatic carbocycles. The van der Waals surface area contributed by atoms with Gasteiger partial charge in [0.15, 0.2) is 5.13 Å². The smallest absolute Gasteiger partial charge is 0.246 e. The topological polar surface area (TPSA) is 74.2 Å². The van der Waals surface area contributed by atoms with Gasteiger partial charge in [-0.05, 0) is 47.2 Å². The molecule has 0 bridgehead atoms. The summed E-state index contributed by atoms with van der Waals surface area (Å²) in [5, 5.41) is 4.08. The van der Waals surface area contributed by atoms with Gasteiger partial charge in [-0.1, -0.05) is 6.08 Å². The molecule has 0 saturated carbocycles. The zero-order valence-corrected chi connectivity index (χ0v) is 17.8. The quantitative estimate of drug-likeness (QED) is 0.749. The highest BCUT2D eigenvalue weighted by Gasteiger charge is 2.28. The second kappa shape index (κ2) is 9.25. The number of carbonyl (C=O) groups is 1. The SMILES string of the molecule is Cc1nc(Nc2ncc(C)s2)cc(C2CCCCN2C(=O)C=CCN(C)C)n1. The number of anilines is 2. The van der Waals surface area contributed by atoms with Gasteiger partial charge in [0.2, 0.25) is 5.91 Å². The molecule has 1 fully saturated rings. The lowest BCUT2D eigenvalue weighted by Gasteiger charge is -2.35. The third-order valence-electron chi connectivity index (χ3n) is 4.57. The normalized spacial score (nSPS) is 17.5. The van der Waals surface area contributed by atoms with E-state index < -0.39 is 0 Å². The van der Waals surface area contributed by atoms with Crippen molar-refractivity contribution in [2.45, 2.75) is 39.2 Å². The Hall–Kier alpha value is -2.32. The van der Waals surface area contributed by atoms with Gasteiger partial charge in [-0.25, -0.2) is 15.0 Å². The number of piperidine rings is 1. The van der Waals surface area contributed by atoms with Crippen LogP contribution in [0.2, 0.25) is 0 Å². The van der Waals surface area contributed by atoms with E-state index in [-0.39, 0.29) is 11.9 Å². The third kappa shape index (κ3) is 5.36. The molecule has 3 heterocycles. The van der Waals surface area contributed by atoms with Crippen LogP contribution in [0, 0.1) is 13.8 Å². The number of nitrogens with one attached hydrogen (secondary N) is 1. The van der Waals surface area contributed by atoms with Gasteiger partial charge in [-0.3, -0.25) is 4.79 Å². The van der Waals surface area contributed by atoms with E-state index in [9.17, 15) is 4.79 Å². The average molecular weight is 401 g/mol. The summed E-state index contributed by atoms with van der Waals surface area (Å²) in [6.07, 6.45) is 8.47. The van der Waals surface area contributed by atoms with Crippen molar-refractivity contribution in [2.75, 3.05) is 32.5 Å². The van der Waals surface area contributed by atoms with Gasteiger partial charge >= 0.3 is 0 Å². The Balaban J connectivity index is 1.80. The maximum Gasteiger partial charge on any atom is 0.246 e. The Morgan fingerprint density at radius 1 is 1.36 bits per heavy atom. The molecule has 0 aromatic carbocycles. The number of amides is 1. The van der Waals surface area contributed by atoms with Gasteiger partial charge in [0.25, 0.3) is 0 Å². The van der Waals surface area contributed by atoms with Gasteiger partial charge in [0.1, 0.15) is 11.6 Å². The highest BCUT2D eigenvalue weighted by Crippen LogP contribution is 2.31. The molecular weight excluding hydrogens is 372 g/mol. The molecule has 28 heavy (non-hydrogen) atoms. The zero-order chi connectivity index (χ0) is 20.1. The summed E-state index contributed by atoms with van der Waals surface area (Å²) in [7, 11) is 3.97. The number of aryl methyl sites for hydroxylation is 2. The van der Waals surface area contributed by atoms with Gasteiger partial charge in [0.05, 0.1) is 11.7 Å². The van der Waals surface area contributed by atoms with Crippen LogP contribution in [0.4, 0.5) is 10.9 Å². The number of hydrogen-bond acceptors (Lipinski definition) is 7. The Kier molecular flexibility index (Phi) is 6.74. The molecule has 1 aliphatic heterocycles. The molecule has 1 saturated heterocycles. The van der Waals surface area contributed by atoms with Crippen LogP contribution in [-0.2, 0) is 4.79 Å². The zero-order valence-electron chi connectivity index (χ0n) is 17.0. The van der Waals surface area contributed by atoms with Gasteiger partial charge < -0.3 is 15.1 Å². The highest BCUT2D eigenvalue weighted by molar-refractivity contribution is 7.15. The fraction of sp³-hybridized carbons (Fsp3) is 0.500. The summed E-state index contributed by atoms with van der Waals surface area (Å²) in [4.78, 5) is 31.4. The molecule has 1 N–H and O–H groups in total. The summed E-state index contributed by atoms with van der Waals surface area (Å²) in [6, 6.07) is 1.93. The minimum Gasteiger partial charge on any atom is -0.331 e. The monoisotopic (exact) mass is 400 g/mol. The van der Waals surface area contributed by atoms with Crippen molar-refractivity contribution in [2.24, 2.45) is 0 Å². The second-order valence-electron chi connectivity index (χ2n) is 7.33. The van der Waals surface area contributed by atoms with Gasteiger partial charge in [0, 0.05) is 36.3 Å². The summed E-state index contributed by atoms with van der Waals surface area (Å²) in [5.41, 5.74) is 0.886. The number of likely N-dealkylation sites (tertiary alicyclic amines) is 1. The first-order valence-electron chi connectivity index (χ1n) is 9.59. The summed E-state index contributed by atoms with van der Waals surface area (Å²) < 4.78 is 0. The maximum atomic E-state index is 12.8. The fourth-order valence-corrected chi connectivity index (χ4v) is 3.98. The van der Waals surface area contributed by atoms with E-state index in [0.717, 1.165) is 53.9 Å². The van der Waals surface area contributed by atoms with Crippen LogP contribution < -0.4 is 5.32 Å². The molecule has 1 aliphatic rings. The predicted molar refractivity (Wildman–Crippen MR) is 113 cm³/mol. The van der Waals surface area contributed by atoms with E-state index in [1.165, 1.54) is 0 Å².